The fraction of sp³-hybridized carbons (Fsp3) is 0.161. The molecular weight excluding hydrogens is 519 g/mol. The second-order valence-corrected chi connectivity index (χ2v) is 9.49. The maximum atomic E-state index is 13.1. The Morgan fingerprint density at radius 2 is 1.60 bits per heavy atom. The number of amides is 1. The van der Waals surface area contributed by atoms with Crippen molar-refractivity contribution in [3.05, 3.63) is 118 Å². The van der Waals surface area contributed by atoms with E-state index in [2.05, 4.69) is 10.3 Å². The molecule has 0 aliphatic heterocycles. The van der Waals surface area contributed by atoms with Gasteiger partial charge in [-0.15, -0.1) is 0 Å². The molecule has 0 saturated carbocycles. The smallest absolute Gasteiger partial charge is 0.416 e. The first-order chi connectivity index (χ1) is 19.2. The van der Waals surface area contributed by atoms with Gasteiger partial charge in [0.25, 0.3) is 5.91 Å². The first kappa shape index (κ1) is 27.0. The van der Waals surface area contributed by atoms with E-state index in [-0.39, 0.29) is 11.3 Å². The molecule has 0 saturated heterocycles. The van der Waals surface area contributed by atoms with E-state index in [0.717, 1.165) is 17.7 Å². The van der Waals surface area contributed by atoms with Gasteiger partial charge in [0.05, 0.1) is 16.6 Å². The average Bonchev–Trinajstić information content (AvgIpc) is 2.94. The number of nitrogens with zero attached hydrogens (tertiary/aromatic N) is 1. The van der Waals surface area contributed by atoms with Gasteiger partial charge >= 0.3 is 6.18 Å². The highest BCUT2D eigenvalue weighted by Crippen LogP contribution is 2.29. The number of carbonyl (C=O) groups excluding carboxylic acids is 1. The van der Waals surface area contributed by atoms with E-state index in [9.17, 15) is 22.8 Å². The lowest BCUT2D eigenvalue weighted by atomic mass is 10.1. The summed E-state index contributed by atoms with van der Waals surface area (Å²) in [6, 6.07) is 24.3. The van der Waals surface area contributed by atoms with Gasteiger partial charge in [0, 0.05) is 35.1 Å². The van der Waals surface area contributed by atoms with Crippen molar-refractivity contribution in [2.24, 2.45) is 0 Å². The Labute approximate surface area is 228 Å². The summed E-state index contributed by atoms with van der Waals surface area (Å²) in [4.78, 5) is 31.2. The van der Waals surface area contributed by atoms with Crippen molar-refractivity contribution in [2.75, 3.05) is 25.5 Å². The van der Waals surface area contributed by atoms with E-state index >= 15 is 0 Å². The zero-order valence-electron chi connectivity index (χ0n) is 21.6. The van der Waals surface area contributed by atoms with Gasteiger partial charge in [0.1, 0.15) is 12.4 Å². The Morgan fingerprint density at radius 1 is 0.900 bits per heavy atom. The zero-order chi connectivity index (χ0) is 28.3. The highest BCUT2D eigenvalue weighted by Gasteiger charge is 2.29. The Balaban J connectivity index is 1.17. The quantitative estimate of drug-likeness (QED) is 0.220. The molecule has 5 aromatic rings. The van der Waals surface area contributed by atoms with E-state index in [0.29, 0.717) is 58.5 Å². The van der Waals surface area contributed by atoms with Gasteiger partial charge in [-0.05, 0) is 73.3 Å². The maximum absolute atomic E-state index is 13.1. The molecule has 2 N–H and O–H groups in total. The van der Waals surface area contributed by atoms with Crippen LogP contribution in [0.4, 0.5) is 18.9 Å². The number of halogens is 3. The number of H-pyrrole nitrogens is 1. The number of benzene rings is 4. The largest absolute Gasteiger partial charge is 0.492 e. The molecule has 204 valence electrons. The molecule has 9 heteroatoms. The Hall–Kier alpha value is -4.63. The highest BCUT2D eigenvalue weighted by molar-refractivity contribution is 6.13. The molecule has 0 aliphatic rings. The molecular formula is C31H26F3N3O3. The Bertz CT molecular complexity index is 1710. The molecule has 0 aliphatic carbocycles. The summed E-state index contributed by atoms with van der Waals surface area (Å²) in [7, 11) is 1.86. The van der Waals surface area contributed by atoms with Crippen LogP contribution in [0.25, 0.3) is 21.8 Å². The number of pyridine rings is 1. The van der Waals surface area contributed by atoms with Crippen LogP contribution in [0.5, 0.6) is 5.75 Å². The van der Waals surface area contributed by atoms with Crippen LogP contribution in [0, 0.1) is 0 Å². The number of nitrogens with one attached hydrogen (secondary N) is 2. The number of ether oxygens (including phenoxy) is 1. The molecule has 1 amide bonds. The fourth-order valence-electron chi connectivity index (χ4n) is 4.48. The van der Waals surface area contributed by atoms with Crippen molar-refractivity contribution in [2.45, 2.75) is 12.7 Å². The molecule has 6 nitrogen and oxygen atoms in total. The normalized spacial score (nSPS) is 11.7. The van der Waals surface area contributed by atoms with Gasteiger partial charge in [0.2, 0.25) is 0 Å². The number of aromatic nitrogens is 1. The molecule has 0 spiro atoms. The molecule has 1 heterocycles. The monoisotopic (exact) mass is 545 g/mol. The van der Waals surface area contributed by atoms with E-state index in [1.807, 2.05) is 18.0 Å². The van der Waals surface area contributed by atoms with Crippen molar-refractivity contribution in [3.8, 4) is 5.75 Å². The van der Waals surface area contributed by atoms with Gasteiger partial charge in [-0.1, -0.05) is 30.3 Å². The summed E-state index contributed by atoms with van der Waals surface area (Å²) < 4.78 is 44.0. The van der Waals surface area contributed by atoms with E-state index in [1.165, 1.54) is 12.1 Å². The molecule has 40 heavy (non-hydrogen) atoms. The second-order valence-electron chi connectivity index (χ2n) is 9.49. The van der Waals surface area contributed by atoms with Crippen LogP contribution in [-0.2, 0) is 12.7 Å². The van der Waals surface area contributed by atoms with Crippen molar-refractivity contribution in [1.29, 1.82) is 0 Å². The lowest BCUT2D eigenvalue weighted by Gasteiger charge is -2.17. The molecule has 0 radical (unpaired) electrons. The summed E-state index contributed by atoms with van der Waals surface area (Å²) in [5.41, 5.74) is 2.04. The van der Waals surface area contributed by atoms with Gasteiger partial charge in [-0.2, -0.15) is 13.2 Å². The van der Waals surface area contributed by atoms with Crippen LogP contribution in [-0.4, -0.2) is 36.0 Å². The lowest BCUT2D eigenvalue weighted by Crippen LogP contribution is -2.24. The molecule has 1 aromatic heterocycles. The summed E-state index contributed by atoms with van der Waals surface area (Å²) >= 11 is 0. The number of carbonyl (C=O) groups is 1. The highest BCUT2D eigenvalue weighted by atomic mass is 19.4. The number of alkyl halides is 3. The van der Waals surface area contributed by atoms with Crippen molar-refractivity contribution >= 4 is 33.4 Å². The minimum atomic E-state index is -4.35. The molecule has 0 fully saturated rings. The first-order valence-corrected chi connectivity index (χ1v) is 12.6. The number of rotatable bonds is 8. The number of aromatic amines is 1. The fourth-order valence-corrected chi connectivity index (χ4v) is 4.48. The molecule has 0 bridgehead atoms. The minimum Gasteiger partial charge on any atom is -0.492 e. The molecule has 4 aromatic carbocycles. The Kier molecular flexibility index (Phi) is 7.57. The average molecular weight is 546 g/mol. The topological polar surface area (TPSA) is 74.4 Å². The third-order valence-corrected chi connectivity index (χ3v) is 6.57. The standard InChI is InChI=1S/C31H26F3N3O3/c1-37(19-20-9-11-21(12-10-20)31(32,33)34)17-18-40-23-15-13-22(14-16-23)35-30(39)26-7-4-6-25-28(26)36-27-8-3-2-5-24(27)29(25)38/h2-16H,17-19H2,1H3,(H,35,39)(H,36,38). The molecule has 0 atom stereocenters. The van der Waals surface area contributed by atoms with Gasteiger partial charge in [-0.3, -0.25) is 14.5 Å². The van der Waals surface area contributed by atoms with Crippen LogP contribution in [0.3, 0.4) is 0 Å². The maximum Gasteiger partial charge on any atom is 0.416 e. The number of anilines is 1. The van der Waals surface area contributed by atoms with E-state index in [1.54, 1.807) is 60.7 Å². The van der Waals surface area contributed by atoms with E-state index in [4.69, 9.17) is 4.74 Å². The summed E-state index contributed by atoms with van der Waals surface area (Å²) in [5.74, 6) is 0.261. The zero-order valence-corrected chi connectivity index (χ0v) is 21.6. The number of hydrogen-bond donors (Lipinski definition) is 2. The number of para-hydroxylation sites is 2. The van der Waals surface area contributed by atoms with Crippen molar-refractivity contribution in [3.63, 3.8) is 0 Å². The summed E-state index contributed by atoms with van der Waals surface area (Å²) in [6.07, 6.45) is -4.35. The predicted octanol–water partition coefficient (Wildman–Crippen LogP) is 6.46. The summed E-state index contributed by atoms with van der Waals surface area (Å²) in [5, 5.41) is 3.87. The van der Waals surface area contributed by atoms with E-state index < -0.39 is 11.7 Å². The van der Waals surface area contributed by atoms with Gasteiger partial charge in [-0.25, -0.2) is 0 Å². The van der Waals surface area contributed by atoms with Crippen LogP contribution >= 0.6 is 0 Å². The van der Waals surface area contributed by atoms with Crippen LogP contribution < -0.4 is 15.5 Å². The van der Waals surface area contributed by atoms with Crippen LogP contribution in [0.15, 0.2) is 95.8 Å². The second kappa shape index (κ2) is 11.2. The third-order valence-electron chi connectivity index (χ3n) is 6.57. The number of fused-ring (bicyclic) bond motifs is 2. The first-order valence-electron chi connectivity index (χ1n) is 12.6. The minimum absolute atomic E-state index is 0.134. The number of likely N-dealkylation sites (N-methyl/N-ethyl adjacent to an activating group) is 1. The molecule has 5 rings (SSSR count). The lowest BCUT2D eigenvalue weighted by molar-refractivity contribution is -0.137. The van der Waals surface area contributed by atoms with Gasteiger partial charge < -0.3 is 15.0 Å². The summed E-state index contributed by atoms with van der Waals surface area (Å²) in [6.45, 7) is 1.43. The molecule has 0 unspecified atom stereocenters. The Morgan fingerprint density at radius 3 is 2.33 bits per heavy atom. The van der Waals surface area contributed by atoms with Gasteiger partial charge in [0.15, 0.2) is 5.43 Å². The predicted molar refractivity (Wildman–Crippen MR) is 150 cm³/mol. The van der Waals surface area contributed by atoms with Crippen molar-refractivity contribution in [1.82, 2.24) is 9.88 Å². The third kappa shape index (κ3) is 6.00. The number of hydrogen-bond acceptors (Lipinski definition) is 4. The van der Waals surface area contributed by atoms with Crippen LogP contribution in [0.2, 0.25) is 0 Å². The van der Waals surface area contributed by atoms with Crippen LogP contribution in [0.1, 0.15) is 21.5 Å². The van der Waals surface area contributed by atoms with Crippen molar-refractivity contribution < 1.29 is 22.7 Å². The SMILES string of the molecule is CN(CCOc1ccc(NC(=O)c2cccc3c(=O)c4ccccc4[nH]c23)cc1)Cc1ccc(C(F)(F)F)cc1.